The Morgan fingerprint density at radius 3 is 2.80 bits per heavy atom. The summed E-state index contributed by atoms with van der Waals surface area (Å²) in [6.45, 7) is 1.44. The Labute approximate surface area is 91.2 Å². The van der Waals surface area contributed by atoms with Gasteiger partial charge < -0.3 is 14.5 Å². The highest BCUT2D eigenvalue weighted by Crippen LogP contribution is 2.28. The van der Waals surface area contributed by atoms with Crippen molar-refractivity contribution in [1.29, 1.82) is 0 Å². The minimum Gasteiger partial charge on any atom is -0.374 e. The second-order valence-electron chi connectivity index (χ2n) is 4.63. The highest BCUT2D eigenvalue weighted by Gasteiger charge is 2.37. The molecule has 2 fully saturated rings. The number of ether oxygens (including phenoxy) is 1. The van der Waals surface area contributed by atoms with Gasteiger partial charge in [-0.1, -0.05) is 12.8 Å². The van der Waals surface area contributed by atoms with Crippen LogP contribution in [0.4, 0.5) is 4.79 Å². The fraction of sp³-hybridized carbons (Fsp3) is 0.909. The average molecular weight is 212 g/mol. The summed E-state index contributed by atoms with van der Waals surface area (Å²) in [5, 5.41) is 0. The average Bonchev–Trinajstić information content (AvgIpc) is 2.27. The SMILES string of the molecule is CN(C)C(=O)N1CCO[C@H]2CCCC[C@H]21. The van der Waals surface area contributed by atoms with Gasteiger partial charge in [-0.05, 0) is 12.8 Å². The van der Waals surface area contributed by atoms with Crippen molar-refractivity contribution < 1.29 is 9.53 Å². The third kappa shape index (κ3) is 2.09. The molecule has 0 radical (unpaired) electrons. The molecule has 86 valence electrons. The maximum absolute atomic E-state index is 11.9. The first kappa shape index (κ1) is 10.7. The molecule has 0 aromatic heterocycles. The quantitative estimate of drug-likeness (QED) is 0.606. The first-order valence-corrected chi connectivity index (χ1v) is 5.79. The summed E-state index contributed by atoms with van der Waals surface area (Å²) in [5.74, 6) is 0. The number of nitrogens with zero attached hydrogens (tertiary/aromatic N) is 2. The number of hydrogen-bond donors (Lipinski definition) is 0. The summed E-state index contributed by atoms with van der Waals surface area (Å²) in [4.78, 5) is 15.6. The molecule has 4 heteroatoms. The zero-order valence-electron chi connectivity index (χ0n) is 9.61. The Bertz CT molecular complexity index is 241. The zero-order chi connectivity index (χ0) is 10.8. The molecule has 0 aromatic rings. The molecule has 1 heterocycles. The van der Waals surface area contributed by atoms with Gasteiger partial charge in [-0.2, -0.15) is 0 Å². The lowest BCUT2D eigenvalue weighted by molar-refractivity contribution is -0.0741. The van der Waals surface area contributed by atoms with E-state index in [1.54, 1.807) is 4.90 Å². The van der Waals surface area contributed by atoms with E-state index in [1.165, 1.54) is 12.8 Å². The summed E-state index contributed by atoms with van der Waals surface area (Å²) in [6.07, 6.45) is 4.97. The largest absolute Gasteiger partial charge is 0.374 e. The third-order valence-corrected chi connectivity index (χ3v) is 3.36. The molecule has 0 unspecified atom stereocenters. The van der Waals surface area contributed by atoms with Crippen molar-refractivity contribution >= 4 is 6.03 Å². The van der Waals surface area contributed by atoms with E-state index in [9.17, 15) is 4.79 Å². The van der Waals surface area contributed by atoms with Crippen LogP contribution in [-0.2, 0) is 4.74 Å². The number of carbonyl (C=O) groups is 1. The highest BCUT2D eigenvalue weighted by atomic mass is 16.5. The first-order valence-electron chi connectivity index (χ1n) is 5.79. The minimum atomic E-state index is 0.134. The smallest absolute Gasteiger partial charge is 0.319 e. The van der Waals surface area contributed by atoms with E-state index in [4.69, 9.17) is 4.74 Å². The molecule has 1 saturated heterocycles. The number of rotatable bonds is 0. The standard InChI is InChI=1S/C11H20N2O2/c1-12(2)11(14)13-7-8-15-10-6-4-3-5-9(10)13/h9-10H,3-8H2,1-2H3/t9-,10+/m1/s1. The zero-order valence-corrected chi connectivity index (χ0v) is 9.61. The van der Waals surface area contributed by atoms with Crippen LogP contribution in [0.1, 0.15) is 25.7 Å². The van der Waals surface area contributed by atoms with E-state index in [0.29, 0.717) is 12.6 Å². The molecule has 15 heavy (non-hydrogen) atoms. The number of amides is 2. The Morgan fingerprint density at radius 2 is 2.07 bits per heavy atom. The lowest BCUT2D eigenvalue weighted by Gasteiger charge is -2.44. The Hall–Kier alpha value is -0.770. The van der Waals surface area contributed by atoms with Crippen LogP contribution in [0.5, 0.6) is 0 Å². The Kier molecular flexibility index (Phi) is 3.14. The van der Waals surface area contributed by atoms with Crippen molar-refractivity contribution in [2.24, 2.45) is 0 Å². The van der Waals surface area contributed by atoms with Crippen LogP contribution in [0, 0.1) is 0 Å². The number of carbonyl (C=O) groups excluding carboxylic acids is 1. The van der Waals surface area contributed by atoms with Crippen molar-refractivity contribution in [3.8, 4) is 0 Å². The van der Waals surface area contributed by atoms with Crippen LogP contribution >= 0.6 is 0 Å². The van der Waals surface area contributed by atoms with E-state index in [-0.39, 0.29) is 12.1 Å². The lowest BCUT2D eigenvalue weighted by Crippen LogP contribution is -2.57. The number of fused-ring (bicyclic) bond motifs is 1. The van der Waals surface area contributed by atoms with Gasteiger partial charge in [-0.3, -0.25) is 0 Å². The summed E-state index contributed by atoms with van der Waals surface area (Å²) in [6, 6.07) is 0.456. The Balaban J connectivity index is 2.06. The van der Waals surface area contributed by atoms with Crippen LogP contribution in [0.25, 0.3) is 0 Å². The molecule has 2 rings (SSSR count). The molecule has 2 amide bonds. The first-order chi connectivity index (χ1) is 7.20. The fourth-order valence-electron chi connectivity index (χ4n) is 2.59. The molecule has 2 atom stereocenters. The topological polar surface area (TPSA) is 32.8 Å². The van der Waals surface area contributed by atoms with E-state index >= 15 is 0 Å². The minimum absolute atomic E-state index is 0.134. The van der Waals surface area contributed by atoms with Gasteiger partial charge in [0.1, 0.15) is 0 Å². The summed E-state index contributed by atoms with van der Waals surface area (Å²) < 4.78 is 5.73. The van der Waals surface area contributed by atoms with Gasteiger partial charge in [0, 0.05) is 20.6 Å². The van der Waals surface area contributed by atoms with Crippen LogP contribution in [0.3, 0.4) is 0 Å². The second-order valence-corrected chi connectivity index (χ2v) is 4.63. The van der Waals surface area contributed by atoms with Gasteiger partial charge in [-0.15, -0.1) is 0 Å². The molecule has 0 N–H and O–H groups in total. The summed E-state index contributed by atoms with van der Waals surface area (Å²) in [7, 11) is 3.63. The molecule has 1 aliphatic heterocycles. The fourth-order valence-corrected chi connectivity index (χ4v) is 2.59. The van der Waals surface area contributed by atoms with Crippen LogP contribution < -0.4 is 0 Å². The van der Waals surface area contributed by atoms with E-state index < -0.39 is 0 Å². The van der Waals surface area contributed by atoms with Crippen LogP contribution in [0.15, 0.2) is 0 Å². The molecule has 2 aliphatic rings. The molecule has 0 spiro atoms. The van der Waals surface area contributed by atoms with Gasteiger partial charge in [0.15, 0.2) is 0 Å². The van der Waals surface area contributed by atoms with E-state index in [1.807, 2.05) is 19.0 Å². The maximum atomic E-state index is 11.9. The van der Waals surface area contributed by atoms with E-state index in [0.717, 1.165) is 19.4 Å². The molecule has 1 saturated carbocycles. The number of morpholine rings is 1. The van der Waals surface area contributed by atoms with Crippen molar-refractivity contribution in [3.05, 3.63) is 0 Å². The monoisotopic (exact) mass is 212 g/mol. The molecule has 0 aromatic carbocycles. The predicted octanol–water partition coefficient (Wildman–Crippen LogP) is 1.31. The molecular formula is C11H20N2O2. The van der Waals surface area contributed by atoms with Crippen molar-refractivity contribution in [3.63, 3.8) is 0 Å². The van der Waals surface area contributed by atoms with Crippen LogP contribution in [0.2, 0.25) is 0 Å². The summed E-state index contributed by atoms with van der Waals surface area (Å²) >= 11 is 0. The van der Waals surface area contributed by atoms with Crippen molar-refractivity contribution in [1.82, 2.24) is 9.80 Å². The molecular weight excluding hydrogens is 192 g/mol. The van der Waals surface area contributed by atoms with Gasteiger partial charge in [0.2, 0.25) is 0 Å². The lowest BCUT2D eigenvalue weighted by atomic mass is 9.90. The second kappa shape index (κ2) is 4.39. The molecule has 1 aliphatic carbocycles. The van der Waals surface area contributed by atoms with Crippen LogP contribution in [-0.4, -0.2) is 55.2 Å². The van der Waals surface area contributed by atoms with Crippen molar-refractivity contribution in [2.45, 2.75) is 37.8 Å². The maximum Gasteiger partial charge on any atom is 0.319 e. The van der Waals surface area contributed by atoms with Gasteiger partial charge >= 0.3 is 6.03 Å². The number of hydrogen-bond acceptors (Lipinski definition) is 2. The highest BCUT2D eigenvalue weighted by molar-refractivity contribution is 5.74. The van der Waals surface area contributed by atoms with Gasteiger partial charge in [0.05, 0.1) is 18.8 Å². The van der Waals surface area contributed by atoms with Gasteiger partial charge in [0.25, 0.3) is 0 Å². The number of urea groups is 1. The normalized spacial score (nSPS) is 30.9. The Morgan fingerprint density at radius 1 is 1.33 bits per heavy atom. The van der Waals surface area contributed by atoms with E-state index in [2.05, 4.69) is 0 Å². The predicted molar refractivity (Wildman–Crippen MR) is 57.8 cm³/mol. The summed E-state index contributed by atoms with van der Waals surface area (Å²) in [5.41, 5.74) is 0. The van der Waals surface area contributed by atoms with Crippen molar-refractivity contribution in [2.75, 3.05) is 27.2 Å². The molecule has 0 bridgehead atoms. The molecule has 4 nitrogen and oxygen atoms in total. The third-order valence-electron chi connectivity index (χ3n) is 3.36. The van der Waals surface area contributed by atoms with Gasteiger partial charge in [-0.25, -0.2) is 4.79 Å².